The van der Waals surface area contributed by atoms with Crippen LogP contribution < -0.4 is 10.6 Å². The van der Waals surface area contributed by atoms with Crippen LogP contribution in [-0.2, 0) is 4.79 Å². The predicted molar refractivity (Wildman–Crippen MR) is 88.1 cm³/mol. The van der Waals surface area contributed by atoms with Gasteiger partial charge in [-0.25, -0.2) is 0 Å². The van der Waals surface area contributed by atoms with Crippen LogP contribution in [0.4, 0.5) is 5.69 Å². The average Bonchev–Trinajstić information content (AvgIpc) is 3.20. The first-order valence-electron chi connectivity index (χ1n) is 8.59. The molecule has 1 saturated carbocycles. The lowest BCUT2D eigenvalue weighted by atomic mass is 9.99. The Labute approximate surface area is 136 Å². The topological polar surface area (TPSA) is 66.6 Å². The number of rotatable bonds is 3. The lowest BCUT2D eigenvalue weighted by molar-refractivity contribution is -0.117. The van der Waals surface area contributed by atoms with Gasteiger partial charge in [0.25, 0.3) is 5.91 Å². The third-order valence-corrected chi connectivity index (χ3v) is 5.43. The average molecular weight is 313 g/mol. The first kappa shape index (κ1) is 14.7. The van der Waals surface area contributed by atoms with Gasteiger partial charge in [0.1, 0.15) is 0 Å². The molecule has 5 heteroatoms. The number of carbonyl (C=O) groups is 2. The fourth-order valence-corrected chi connectivity index (χ4v) is 3.93. The van der Waals surface area contributed by atoms with Gasteiger partial charge in [-0.2, -0.15) is 0 Å². The van der Waals surface area contributed by atoms with E-state index in [-0.39, 0.29) is 17.9 Å². The van der Waals surface area contributed by atoms with Gasteiger partial charge in [0, 0.05) is 43.3 Å². The van der Waals surface area contributed by atoms with Gasteiger partial charge in [0.15, 0.2) is 0 Å². The Balaban J connectivity index is 1.45. The highest BCUT2D eigenvalue weighted by molar-refractivity contribution is 5.97. The van der Waals surface area contributed by atoms with Gasteiger partial charge in [0.2, 0.25) is 5.91 Å². The normalized spacial score (nSPS) is 27.8. The van der Waals surface area contributed by atoms with E-state index in [9.17, 15) is 9.59 Å². The monoisotopic (exact) mass is 313 g/mol. The van der Waals surface area contributed by atoms with Crippen LogP contribution in [-0.4, -0.2) is 42.4 Å². The summed E-state index contributed by atoms with van der Waals surface area (Å²) in [6.07, 6.45) is 4.06. The van der Waals surface area contributed by atoms with Crippen LogP contribution >= 0.6 is 0 Å². The van der Waals surface area contributed by atoms with Crippen LogP contribution in [0.3, 0.4) is 0 Å². The molecule has 122 valence electrons. The number of likely N-dealkylation sites (tertiary alicyclic amines) is 1. The van der Waals surface area contributed by atoms with Crippen molar-refractivity contribution >= 4 is 17.5 Å². The summed E-state index contributed by atoms with van der Waals surface area (Å²) in [5, 5.41) is 0. The Morgan fingerprint density at radius 3 is 2.48 bits per heavy atom. The third-order valence-electron chi connectivity index (χ3n) is 5.43. The van der Waals surface area contributed by atoms with Crippen molar-refractivity contribution in [1.82, 2.24) is 4.90 Å². The number of nitrogens with two attached hydrogens (primary N) is 1. The number of hydrogen-bond donors (Lipinski definition) is 1. The molecular weight excluding hydrogens is 290 g/mol. The summed E-state index contributed by atoms with van der Waals surface area (Å²) in [6, 6.07) is 7.54. The molecule has 1 aliphatic carbocycles. The Morgan fingerprint density at radius 2 is 1.87 bits per heavy atom. The molecule has 3 aliphatic rings. The largest absolute Gasteiger partial charge is 0.337 e. The van der Waals surface area contributed by atoms with Crippen LogP contribution in [0.2, 0.25) is 0 Å². The molecule has 2 N–H and O–H groups in total. The molecule has 0 radical (unpaired) electrons. The van der Waals surface area contributed by atoms with Gasteiger partial charge in [-0.3, -0.25) is 9.59 Å². The molecule has 3 fully saturated rings. The number of carbonyl (C=O) groups excluding carboxylic acids is 2. The second-order valence-corrected chi connectivity index (χ2v) is 7.07. The maximum absolute atomic E-state index is 12.7. The van der Waals surface area contributed by atoms with Gasteiger partial charge >= 0.3 is 0 Å². The van der Waals surface area contributed by atoms with Crippen molar-refractivity contribution in [3.63, 3.8) is 0 Å². The lowest BCUT2D eigenvalue weighted by Gasteiger charge is -2.18. The Bertz CT molecular complexity index is 624. The van der Waals surface area contributed by atoms with E-state index in [1.54, 1.807) is 4.90 Å². The number of anilines is 1. The molecular formula is C18H23N3O2. The molecule has 2 amide bonds. The summed E-state index contributed by atoms with van der Waals surface area (Å²) in [7, 11) is 0. The SMILES string of the molecule is N[C@@H]1CN(C(=O)c2ccc(N3CCCC3=O)cc2)C[C@H]1C1CC1. The second kappa shape index (κ2) is 5.64. The van der Waals surface area contributed by atoms with Crippen LogP contribution in [0, 0.1) is 11.8 Å². The molecule has 1 aromatic rings. The highest BCUT2D eigenvalue weighted by Crippen LogP contribution is 2.41. The molecule has 5 nitrogen and oxygen atoms in total. The molecule has 2 heterocycles. The minimum atomic E-state index is 0.0582. The molecule has 4 rings (SSSR count). The summed E-state index contributed by atoms with van der Waals surface area (Å²) in [5.74, 6) is 1.43. The van der Waals surface area contributed by atoms with E-state index in [0.29, 0.717) is 24.4 Å². The zero-order valence-electron chi connectivity index (χ0n) is 13.3. The number of hydrogen-bond acceptors (Lipinski definition) is 3. The summed E-state index contributed by atoms with van der Waals surface area (Å²) in [6.45, 7) is 2.22. The first-order chi connectivity index (χ1) is 11.1. The number of amides is 2. The van der Waals surface area contributed by atoms with Crippen LogP contribution in [0.15, 0.2) is 24.3 Å². The fraction of sp³-hybridized carbons (Fsp3) is 0.556. The van der Waals surface area contributed by atoms with E-state index in [4.69, 9.17) is 5.73 Å². The van der Waals surface area contributed by atoms with Crippen molar-refractivity contribution in [2.45, 2.75) is 31.7 Å². The van der Waals surface area contributed by atoms with Gasteiger partial charge < -0.3 is 15.5 Å². The highest BCUT2D eigenvalue weighted by atomic mass is 16.2. The standard InChI is InChI=1S/C18H23N3O2/c19-16-11-20(10-15(16)12-3-4-12)18(23)13-5-7-14(8-6-13)21-9-1-2-17(21)22/h5-8,12,15-16H,1-4,9-11,19H2/t15-,16+/m0/s1. The van der Waals surface area contributed by atoms with Gasteiger partial charge in [0.05, 0.1) is 0 Å². The van der Waals surface area contributed by atoms with E-state index in [1.165, 1.54) is 12.8 Å². The van der Waals surface area contributed by atoms with Crippen molar-refractivity contribution < 1.29 is 9.59 Å². The number of nitrogens with zero attached hydrogens (tertiary/aromatic N) is 2. The predicted octanol–water partition coefficient (Wildman–Crippen LogP) is 1.62. The summed E-state index contributed by atoms with van der Waals surface area (Å²) in [5.41, 5.74) is 7.78. The molecule has 23 heavy (non-hydrogen) atoms. The summed E-state index contributed by atoms with van der Waals surface area (Å²) < 4.78 is 0. The highest BCUT2D eigenvalue weighted by Gasteiger charge is 2.42. The summed E-state index contributed by atoms with van der Waals surface area (Å²) in [4.78, 5) is 28.1. The van der Waals surface area contributed by atoms with Crippen molar-refractivity contribution in [3.8, 4) is 0 Å². The minimum Gasteiger partial charge on any atom is -0.337 e. The molecule has 2 saturated heterocycles. The minimum absolute atomic E-state index is 0.0582. The Kier molecular flexibility index (Phi) is 3.60. The van der Waals surface area contributed by atoms with E-state index >= 15 is 0 Å². The molecule has 0 spiro atoms. The summed E-state index contributed by atoms with van der Waals surface area (Å²) >= 11 is 0. The zero-order valence-corrected chi connectivity index (χ0v) is 13.3. The molecule has 2 aliphatic heterocycles. The Morgan fingerprint density at radius 1 is 1.13 bits per heavy atom. The maximum Gasteiger partial charge on any atom is 0.253 e. The third kappa shape index (κ3) is 2.74. The van der Waals surface area contributed by atoms with E-state index < -0.39 is 0 Å². The maximum atomic E-state index is 12.7. The smallest absolute Gasteiger partial charge is 0.253 e. The van der Waals surface area contributed by atoms with Gasteiger partial charge in [-0.1, -0.05) is 0 Å². The van der Waals surface area contributed by atoms with Crippen LogP contribution in [0.5, 0.6) is 0 Å². The van der Waals surface area contributed by atoms with E-state index in [0.717, 1.165) is 31.1 Å². The van der Waals surface area contributed by atoms with Crippen LogP contribution in [0.1, 0.15) is 36.0 Å². The molecule has 1 aromatic carbocycles. The van der Waals surface area contributed by atoms with Crippen molar-refractivity contribution in [3.05, 3.63) is 29.8 Å². The van der Waals surface area contributed by atoms with Gasteiger partial charge in [-0.15, -0.1) is 0 Å². The molecule has 2 atom stereocenters. The van der Waals surface area contributed by atoms with Crippen molar-refractivity contribution in [1.29, 1.82) is 0 Å². The molecule has 0 bridgehead atoms. The quantitative estimate of drug-likeness (QED) is 0.922. The zero-order chi connectivity index (χ0) is 16.0. The van der Waals surface area contributed by atoms with Gasteiger partial charge in [-0.05, 0) is 55.4 Å². The van der Waals surface area contributed by atoms with Crippen molar-refractivity contribution in [2.24, 2.45) is 17.6 Å². The van der Waals surface area contributed by atoms with Crippen molar-refractivity contribution in [2.75, 3.05) is 24.5 Å². The van der Waals surface area contributed by atoms with Crippen LogP contribution in [0.25, 0.3) is 0 Å². The molecule has 0 aromatic heterocycles. The Hall–Kier alpha value is -1.88. The fourth-order valence-electron chi connectivity index (χ4n) is 3.93. The van der Waals surface area contributed by atoms with E-state index in [1.807, 2.05) is 29.2 Å². The second-order valence-electron chi connectivity index (χ2n) is 7.07. The lowest BCUT2D eigenvalue weighted by Crippen LogP contribution is -2.32. The molecule has 0 unspecified atom stereocenters. The van der Waals surface area contributed by atoms with E-state index in [2.05, 4.69) is 0 Å². The first-order valence-corrected chi connectivity index (χ1v) is 8.59. The number of benzene rings is 1.